The zero-order chi connectivity index (χ0) is 21.4. The lowest BCUT2D eigenvalue weighted by Crippen LogP contribution is -2.43. The van der Waals surface area contributed by atoms with Gasteiger partial charge in [-0.05, 0) is 50.2 Å². The van der Waals surface area contributed by atoms with Crippen LogP contribution in [-0.2, 0) is 9.53 Å². The van der Waals surface area contributed by atoms with Gasteiger partial charge >= 0.3 is 5.97 Å². The first-order chi connectivity index (χ1) is 14.4. The summed E-state index contributed by atoms with van der Waals surface area (Å²) in [6.07, 6.45) is -0.920. The number of carbonyl (C=O) groups excluding carboxylic acids is 3. The first-order valence-electron chi connectivity index (χ1n) is 9.13. The number of benzene rings is 2. The molecule has 2 aromatic carbocycles. The highest BCUT2D eigenvalue weighted by Gasteiger charge is 2.41. The lowest BCUT2D eigenvalue weighted by Gasteiger charge is -2.22. The summed E-state index contributed by atoms with van der Waals surface area (Å²) in [6.45, 7) is 2.93. The number of amides is 2. The predicted octanol–water partition coefficient (Wildman–Crippen LogP) is 3.16. The Kier molecular flexibility index (Phi) is 4.86. The van der Waals surface area contributed by atoms with Gasteiger partial charge in [0.15, 0.2) is 6.10 Å². The van der Waals surface area contributed by atoms with Crippen LogP contribution in [0.4, 0.5) is 4.39 Å². The molecule has 8 nitrogen and oxygen atoms in total. The van der Waals surface area contributed by atoms with Crippen molar-refractivity contribution in [3.63, 3.8) is 0 Å². The number of imide groups is 1. The largest absolute Gasteiger partial charge is 0.451 e. The van der Waals surface area contributed by atoms with Gasteiger partial charge in [0.05, 0.1) is 11.1 Å². The predicted molar refractivity (Wildman–Crippen MR) is 101 cm³/mol. The van der Waals surface area contributed by atoms with Gasteiger partial charge in [0.2, 0.25) is 5.89 Å². The fourth-order valence-corrected chi connectivity index (χ4v) is 3.10. The first kappa shape index (κ1) is 19.4. The minimum absolute atomic E-state index is 0.0252. The monoisotopic (exact) mass is 409 g/mol. The molecule has 4 rings (SSSR count). The highest BCUT2D eigenvalue weighted by molar-refractivity contribution is 6.22. The van der Waals surface area contributed by atoms with Gasteiger partial charge in [-0.3, -0.25) is 14.5 Å². The molecule has 9 heteroatoms. The van der Waals surface area contributed by atoms with Crippen LogP contribution in [0.1, 0.15) is 46.6 Å². The number of hydrogen-bond donors (Lipinski definition) is 0. The van der Waals surface area contributed by atoms with Crippen LogP contribution in [0.2, 0.25) is 0 Å². The van der Waals surface area contributed by atoms with Gasteiger partial charge in [0.25, 0.3) is 17.7 Å². The number of rotatable bonds is 5. The second-order valence-corrected chi connectivity index (χ2v) is 6.73. The Balaban J connectivity index is 1.46. The molecule has 0 N–H and O–H groups in total. The van der Waals surface area contributed by atoms with E-state index >= 15 is 0 Å². The first-order valence-corrected chi connectivity index (χ1v) is 9.13. The molecular formula is C21H16FN3O5. The van der Waals surface area contributed by atoms with E-state index in [9.17, 15) is 18.8 Å². The Bertz CT molecular complexity index is 1110. The van der Waals surface area contributed by atoms with Gasteiger partial charge in [-0.1, -0.05) is 12.1 Å². The number of fused-ring (bicyclic) bond motifs is 1. The summed E-state index contributed by atoms with van der Waals surface area (Å²) in [5.74, 6) is -2.13. The molecule has 0 bridgehead atoms. The minimum atomic E-state index is -1.14. The van der Waals surface area contributed by atoms with E-state index in [1.807, 2.05) is 0 Å². The number of aromatic nitrogens is 2. The van der Waals surface area contributed by atoms with E-state index in [4.69, 9.17) is 9.15 Å². The molecule has 1 aromatic heterocycles. The van der Waals surface area contributed by atoms with E-state index in [-0.39, 0.29) is 22.9 Å². The van der Waals surface area contributed by atoms with Crippen LogP contribution in [0.25, 0.3) is 11.5 Å². The summed E-state index contributed by atoms with van der Waals surface area (Å²) in [7, 11) is 0. The van der Waals surface area contributed by atoms with Gasteiger partial charge in [-0.15, -0.1) is 10.2 Å². The average molecular weight is 409 g/mol. The molecule has 3 aromatic rings. The molecule has 0 radical (unpaired) electrons. The summed E-state index contributed by atoms with van der Waals surface area (Å²) < 4.78 is 23.9. The van der Waals surface area contributed by atoms with Gasteiger partial charge in [0.1, 0.15) is 11.9 Å². The molecule has 30 heavy (non-hydrogen) atoms. The van der Waals surface area contributed by atoms with Crippen molar-refractivity contribution in [2.75, 3.05) is 0 Å². The van der Waals surface area contributed by atoms with Crippen LogP contribution in [-0.4, -0.2) is 38.9 Å². The molecule has 2 heterocycles. The zero-order valence-corrected chi connectivity index (χ0v) is 16.0. The van der Waals surface area contributed by atoms with Crippen LogP contribution < -0.4 is 0 Å². The smallest absolute Gasteiger partial charge is 0.329 e. The topological polar surface area (TPSA) is 103 Å². The number of nitrogens with zero attached hydrogens (tertiary/aromatic N) is 3. The van der Waals surface area contributed by atoms with Crippen molar-refractivity contribution in [3.8, 4) is 11.5 Å². The summed E-state index contributed by atoms with van der Waals surface area (Å²) in [6, 6.07) is 10.7. The molecule has 0 fully saturated rings. The normalized spacial score (nSPS) is 15.1. The summed E-state index contributed by atoms with van der Waals surface area (Å²) in [5.41, 5.74) is 1.00. The lowest BCUT2D eigenvalue weighted by atomic mass is 10.1. The van der Waals surface area contributed by atoms with Gasteiger partial charge in [-0.25, -0.2) is 9.18 Å². The fourth-order valence-electron chi connectivity index (χ4n) is 3.10. The lowest BCUT2D eigenvalue weighted by molar-refractivity contribution is -0.153. The third-order valence-electron chi connectivity index (χ3n) is 4.73. The van der Waals surface area contributed by atoms with Crippen molar-refractivity contribution in [1.29, 1.82) is 0 Å². The van der Waals surface area contributed by atoms with E-state index < -0.39 is 35.7 Å². The van der Waals surface area contributed by atoms with Gasteiger partial charge in [-0.2, -0.15) is 0 Å². The quantitative estimate of drug-likeness (QED) is 0.471. The average Bonchev–Trinajstić information content (AvgIpc) is 3.33. The Morgan fingerprint density at radius 3 is 2.20 bits per heavy atom. The number of hydrogen-bond acceptors (Lipinski definition) is 7. The molecule has 152 valence electrons. The zero-order valence-electron chi connectivity index (χ0n) is 16.0. The van der Waals surface area contributed by atoms with Crippen LogP contribution in [0, 0.1) is 5.82 Å². The maximum atomic E-state index is 13.0. The van der Waals surface area contributed by atoms with Crippen molar-refractivity contribution in [3.05, 3.63) is 71.4 Å². The van der Waals surface area contributed by atoms with E-state index in [0.717, 1.165) is 4.90 Å². The van der Waals surface area contributed by atoms with E-state index in [1.54, 1.807) is 12.1 Å². The minimum Gasteiger partial charge on any atom is -0.451 e. The fraction of sp³-hybridized carbons (Fsp3) is 0.190. The summed E-state index contributed by atoms with van der Waals surface area (Å²) >= 11 is 0. The third kappa shape index (κ3) is 3.34. The molecule has 0 saturated heterocycles. The van der Waals surface area contributed by atoms with Crippen LogP contribution in [0.5, 0.6) is 0 Å². The maximum Gasteiger partial charge on any atom is 0.329 e. The van der Waals surface area contributed by atoms with Crippen LogP contribution in [0.15, 0.2) is 52.9 Å². The van der Waals surface area contributed by atoms with E-state index in [2.05, 4.69) is 10.2 Å². The molecule has 2 amide bonds. The second kappa shape index (κ2) is 7.51. The Hall–Kier alpha value is -3.88. The molecule has 0 saturated carbocycles. The van der Waals surface area contributed by atoms with Crippen molar-refractivity contribution in [1.82, 2.24) is 15.1 Å². The Morgan fingerprint density at radius 2 is 1.60 bits per heavy atom. The van der Waals surface area contributed by atoms with Crippen molar-refractivity contribution >= 4 is 17.8 Å². The Morgan fingerprint density at radius 1 is 1.00 bits per heavy atom. The second-order valence-electron chi connectivity index (χ2n) is 6.73. The van der Waals surface area contributed by atoms with E-state index in [1.165, 1.54) is 50.2 Å². The third-order valence-corrected chi connectivity index (χ3v) is 4.73. The molecule has 1 aliphatic heterocycles. The molecular weight excluding hydrogens is 393 g/mol. The SMILES string of the molecule is C[C@@H](OC(=O)[C@H](C)N1C(=O)c2ccccc2C1=O)c1nnc(-c2ccc(F)cc2)o1. The highest BCUT2D eigenvalue weighted by Crippen LogP contribution is 2.27. The highest BCUT2D eigenvalue weighted by atomic mass is 19.1. The van der Waals surface area contributed by atoms with Crippen LogP contribution in [0.3, 0.4) is 0 Å². The molecule has 0 spiro atoms. The van der Waals surface area contributed by atoms with Crippen molar-refractivity contribution < 1.29 is 27.9 Å². The maximum absolute atomic E-state index is 13.0. The van der Waals surface area contributed by atoms with Crippen LogP contribution >= 0.6 is 0 Å². The number of ether oxygens (including phenoxy) is 1. The number of halogens is 1. The van der Waals surface area contributed by atoms with Crippen molar-refractivity contribution in [2.24, 2.45) is 0 Å². The molecule has 0 aliphatic carbocycles. The number of carbonyl (C=O) groups is 3. The Labute approximate surface area is 170 Å². The van der Waals surface area contributed by atoms with Gasteiger partial charge in [0, 0.05) is 5.56 Å². The molecule has 1 aliphatic rings. The standard InChI is InChI=1S/C21H16FN3O5/c1-11(25-19(26)15-5-3-4-6-16(15)20(25)27)21(28)29-12(2)17-23-24-18(30-17)13-7-9-14(22)10-8-13/h3-12H,1-2H3/t11-,12+/m0/s1. The summed E-state index contributed by atoms with van der Waals surface area (Å²) in [4.78, 5) is 38.5. The molecule has 2 atom stereocenters. The summed E-state index contributed by atoms with van der Waals surface area (Å²) in [5, 5.41) is 7.72. The number of esters is 1. The van der Waals surface area contributed by atoms with Gasteiger partial charge < -0.3 is 9.15 Å². The van der Waals surface area contributed by atoms with E-state index in [0.29, 0.717) is 5.56 Å². The molecule has 0 unspecified atom stereocenters. The van der Waals surface area contributed by atoms with Crippen molar-refractivity contribution in [2.45, 2.75) is 26.0 Å².